The van der Waals surface area contributed by atoms with Crippen molar-refractivity contribution in [3.05, 3.63) is 30.1 Å². The number of amides is 1. The van der Waals surface area contributed by atoms with Gasteiger partial charge in [0.15, 0.2) is 0 Å². The Labute approximate surface area is 130 Å². The van der Waals surface area contributed by atoms with Gasteiger partial charge in [-0.3, -0.25) is 9.10 Å². The van der Waals surface area contributed by atoms with Crippen molar-refractivity contribution >= 4 is 21.6 Å². The summed E-state index contributed by atoms with van der Waals surface area (Å²) in [6.07, 6.45) is 3.96. The Bertz CT molecular complexity index is 642. The van der Waals surface area contributed by atoms with Crippen molar-refractivity contribution < 1.29 is 17.6 Å². The molecule has 0 bridgehead atoms. The normalized spacial score (nSPS) is 17.1. The van der Waals surface area contributed by atoms with E-state index in [1.165, 1.54) is 18.2 Å². The number of carbonyl (C=O) groups excluding carboxylic acids is 1. The Morgan fingerprint density at radius 3 is 2.45 bits per heavy atom. The second-order valence-corrected chi connectivity index (χ2v) is 7.46. The monoisotopic (exact) mass is 328 g/mol. The van der Waals surface area contributed by atoms with E-state index in [0.717, 1.165) is 35.9 Å². The quantitative estimate of drug-likeness (QED) is 0.849. The topological polar surface area (TPSA) is 57.7 Å². The predicted molar refractivity (Wildman–Crippen MR) is 83.6 cm³/mol. The van der Waals surface area contributed by atoms with Crippen molar-refractivity contribution in [2.75, 3.05) is 23.7 Å². The molecule has 1 saturated heterocycles. The largest absolute Gasteiger partial charge is 0.341 e. The maximum atomic E-state index is 13.4. The van der Waals surface area contributed by atoms with Crippen molar-refractivity contribution in [2.45, 2.75) is 32.2 Å². The number of nitrogens with zero attached hydrogens (tertiary/aromatic N) is 2. The van der Waals surface area contributed by atoms with Crippen LogP contribution in [0.1, 0.15) is 26.2 Å². The van der Waals surface area contributed by atoms with Crippen LogP contribution in [-0.4, -0.2) is 44.6 Å². The zero-order valence-corrected chi connectivity index (χ0v) is 13.6. The van der Waals surface area contributed by atoms with Gasteiger partial charge in [0.25, 0.3) is 0 Å². The molecule has 0 spiro atoms. The molecule has 0 aromatic heterocycles. The van der Waals surface area contributed by atoms with Crippen molar-refractivity contribution in [1.82, 2.24) is 4.90 Å². The number of hydrogen-bond donors (Lipinski definition) is 0. The maximum Gasteiger partial charge on any atom is 0.246 e. The van der Waals surface area contributed by atoms with Crippen molar-refractivity contribution in [3.8, 4) is 0 Å². The molecule has 1 atom stereocenters. The summed E-state index contributed by atoms with van der Waals surface area (Å²) in [6, 6.07) is 4.39. The third-order valence-corrected chi connectivity index (χ3v) is 5.04. The molecule has 1 aliphatic heterocycles. The third kappa shape index (κ3) is 3.76. The summed E-state index contributed by atoms with van der Waals surface area (Å²) in [5.74, 6) is -0.779. The number of anilines is 1. The SMILES string of the molecule is C[C@@H](C(=O)N1CCCCC1)N(c1cccc(F)c1)S(C)(=O)=O. The Morgan fingerprint density at radius 2 is 1.91 bits per heavy atom. The van der Waals surface area contributed by atoms with Gasteiger partial charge < -0.3 is 4.90 Å². The van der Waals surface area contributed by atoms with E-state index in [9.17, 15) is 17.6 Å². The molecular weight excluding hydrogens is 307 g/mol. The molecule has 7 heteroatoms. The molecule has 2 rings (SSSR count). The highest BCUT2D eigenvalue weighted by atomic mass is 32.2. The van der Waals surface area contributed by atoms with Gasteiger partial charge in [-0.25, -0.2) is 12.8 Å². The molecule has 1 fully saturated rings. The van der Waals surface area contributed by atoms with Crippen LogP contribution in [0.4, 0.5) is 10.1 Å². The third-order valence-electron chi connectivity index (χ3n) is 3.80. The van der Waals surface area contributed by atoms with Crippen molar-refractivity contribution in [2.24, 2.45) is 0 Å². The molecule has 1 heterocycles. The van der Waals surface area contributed by atoms with E-state index in [-0.39, 0.29) is 11.6 Å². The first kappa shape index (κ1) is 16.7. The van der Waals surface area contributed by atoms with Gasteiger partial charge in [-0.15, -0.1) is 0 Å². The minimum Gasteiger partial charge on any atom is -0.341 e. The first-order chi connectivity index (χ1) is 10.3. The van der Waals surface area contributed by atoms with Gasteiger partial charge in [-0.2, -0.15) is 0 Å². The van der Waals surface area contributed by atoms with E-state index in [2.05, 4.69) is 0 Å². The molecule has 0 aliphatic carbocycles. The Kier molecular flexibility index (Phi) is 5.05. The Balaban J connectivity index is 2.31. The first-order valence-electron chi connectivity index (χ1n) is 7.34. The minimum atomic E-state index is -3.70. The number of hydrogen-bond acceptors (Lipinski definition) is 3. The van der Waals surface area contributed by atoms with Crippen LogP contribution in [0, 0.1) is 5.82 Å². The fraction of sp³-hybridized carbons (Fsp3) is 0.533. The van der Waals surface area contributed by atoms with Gasteiger partial charge >= 0.3 is 0 Å². The summed E-state index contributed by atoms with van der Waals surface area (Å²) >= 11 is 0. The van der Waals surface area contributed by atoms with Crippen LogP contribution in [-0.2, 0) is 14.8 Å². The second kappa shape index (κ2) is 6.64. The molecule has 22 heavy (non-hydrogen) atoms. The molecule has 0 N–H and O–H groups in total. The van der Waals surface area contributed by atoms with E-state index >= 15 is 0 Å². The lowest BCUT2D eigenvalue weighted by Crippen LogP contribution is -2.50. The van der Waals surface area contributed by atoms with E-state index in [1.54, 1.807) is 11.8 Å². The van der Waals surface area contributed by atoms with Crippen LogP contribution >= 0.6 is 0 Å². The fourth-order valence-electron chi connectivity index (χ4n) is 2.79. The smallest absolute Gasteiger partial charge is 0.246 e. The molecule has 5 nitrogen and oxygen atoms in total. The zero-order valence-electron chi connectivity index (χ0n) is 12.8. The molecule has 1 aromatic rings. The number of halogens is 1. The summed E-state index contributed by atoms with van der Waals surface area (Å²) in [7, 11) is -3.70. The van der Waals surface area contributed by atoms with Crippen LogP contribution in [0.2, 0.25) is 0 Å². The van der Waals surface area contributed by atoms with Crippen LogP contribution in [0.5, 0.6) is 0 Å². The lowest BCUT2D eigenvalue weighted by Gasteiger charge is -2.34. The Hall–Kier alpha value is -1.63. The van der Waals surface area contributed by atoms with Gasteiger partial charge in [-0.1, -0.05) is 6.07 Å². The van der Waals surface area contributed by atoms with Gasteiger partial charge in [0.05, 0.1) is 11.9 Å². The van der Waals surface area contributed by atoms with Crippen LogP contribution in [0.3, 0.4) is 0 Å². The molecular formula is C15H21FN2O3S. The van der Waals surface area contributed by atoms with Gasteiger partial charge in [0.1, 0.15) is 11.9 Å². The number of carbonyl (C=O) groups is 1. The van der Waals surface area contributed by atoms with Gasteiger partial charge in [-0.05, 0) is 44.4 Å². The lowest BCUT2D eigenvalue weighted by atomic mass is 10.1. The molecule has 0 radical (unpaired) electrons. The number of likely N-dealkylation sites (tertiary alicyclic amines) is 1. The number of sulfonamides is 1. The fourth-order valence-corrected chi connectivity index (χ4v) is 3.96. The Morgan fingerprint density at radius 1 is 1.27 bits per heavy atom. The summed E-state index contributed by atoms with van der Waals surface area (Å²) < 4.78 is 38.6. The molecule has 122 valence electrons. The average molecular weight is 328 g/mol. The van der Waals surface area contributed by atoms with E-state index in [4.69, 9.17) is 0 Å². The molecule has 0 saturated carbocycles. The highest BCUT2D eigenvalue weighted by molar-refractivity contribution is 7.92. The average Bonchev–Trinajstić information content (AvgIpc) is 2.46. The van der Waals surface area contributed by atoms with Crippen LogP contribution < -0.4 is 4.31 Å². The highest BCUT2D eigenvalue weighted by Gasteiger charge is 2.32. The van der Waals surface area contributed by atoms with E-state index in [1.807, 2.05) is 0 Å². The highest BCUT2D eigenvalue weighted by Crippen LogP contribution is 2.23. The van der Waals surface area contributed by atoms with Crippen LogP contribution in [0.15, 0.2) is 24.3 Å². The first-order valence-corrected chi connectivity index (χ1v) is 9.19. The number of rotatable bonds is 4. The summed E-state index contributed by atoms with van der Waals surface area (Å²) in [4.78, 5) is 14.3. The molecule has 1 amide bonds. The molecule has 0 unspecified atom stereocenters. The minimum absolute atomic E-state index is 0.167. The van der Waals surface area contributed by atoms with E-state index < -0.39 is 21.9 Å². The zero-order chi connectivity index (χ0) is 16.3. The lowest BCUT2D eigenvalue weighted by molar-refractivity contribution is -0.132. The van der Waals surface area contributed by atoms with Crippen molar-refractivity contribution in [1.29, 1.82) is 0 Å². The molecule has 1 aliphatic rings. The van der Waals surface area contributed by atoms with Crippen LogP contribution in [0.25, 0.3) is 0 Å². The summed E-state index contributed by atoms with van der Waals surface area (Å²) in [5, 5.41) is 0. The summed E-state index contributed by atoms with van der Waals surface area (Å²) in [5.41, 5.74) is 0.167. The maximum absolute atomic E-state index is 13.4. The van der Waals surface area contributed by atoms with Crippen molar-refractivity contribution in [3.63, 3.8) is 0 Å². The molecule has 1 aromatic carbocycles. The number of benzene rings is 1. The standard InChI is InChI=1S/C15H21FN2O3S/c1-12(15(19)17-9-4-3-5-10-17)18(22(2,20)21)14-8-6-7-13(16)11-14/h6-8,11-12H,3-5,9-10H2,1-2H3/t12-/m0/s1. The summed E-state index contributed by atoms with van der Waals surface area (Å²) in [6.45, 7) is 2.83. The van der Waals surface area contributed by atoms with E-state index in [0.29, 0.717) is 13.1 Å². The predicted octanol–water partition coefficient (Wildman–Crippen LogP) is 1.99. The van der Waals surface area contributed by atoms with Gasteiger partial charge in [0.2, 0.25) is 15.9 Å². The number of piperidine rings is 1. The van der Waals surface area contributed by atoms with Gasteiger partial charge in [0, 0.05) is 13.1 Å². The second-order valence-electron chi connectivity index (χ2n) is 5.60.